The van der Waals surface area contributed by atoms with Crippen LogP contribution in [0.3, 0.4) is 0 Å². The van der Waals surface area contributed by atoms with Crippen molar-refractivity contribution in [2.45, 2.75) is 19.3 Å². The molecule has 0 unspecified atom stereocenters. The molecule has 0 radical (unpaired) electrons. The van der Waals surface area contributed by atoms with Crippen molar-refractivity contribution in [2.24, 2.45) is 0 Å². The Morgan fingerprint density at radius 3 is 3.12 bits per heavy atom. The molecule has 0 aliphatic carbocycles. The summed E-state index contributed by atoms with van der Waals surface area (Å²) in [6.07, 6.45) is 6.41. The van der Waals surface area contributed by atoms with E-state index in [2.05, 4.69) is 15.2 Å². The molecule has 0 atom stereocenters. The van der Waals surface area contributed by atoms with Crippen molar-refractivity contribution in [1.82, 2.24) is 15.2 Å². The van der Waals surface area contributed by atoms with Crippen LogP contribution in [0, 0.1) is 0 Å². The van der Waals surface area contributed by atoms with E-state index in [-0.39, 0.29) is 5.78 Å². The van der Waals surface area contributed by atoms with Crippen molar-refractivity contribution in [3.63, 3.8) is 0 Å². The van der Waals surface area contributed by atoms with Crippen molar-refractivity contribution >= 4 is 5.78 Å². The fourth-order valence-corrected chi connectivity index (χ4v) is 2.23. The van der Waals surface area contributed by atoms with Crippen LogP contribution in [-0.2, 0) is 0 Å². The number of hydrogen-bond acceptors (Lipinski definition) is 3. The number of H-pyrrole nitrogens is 1. The van der Waals surface area contributed by atoms with E-state index in [0.29, 0.717) is 6.42 Å². The van der Waals surface area contributed by atoms with E-state index in [0.717, 1.165) is 44.7 Å². The number of rotatable bonds is 5. The molecule has 1 aliphatic heterocycles. The average molecular weight is 235 g/mol. The van der Waals surface area contributed by atoms with Crippen LogP contribution in [0.1, 0.15) is 29.6 Å². The minimum absolute atomic E-state index is 0.249. The van der Waals surface area contributed by atoms with Gasteiger partial charge in [-0.25, -0.2) is 0 Å². The third kappa shape index (κ3) is 3.98. The Hall–Kier alpha value is -1.13. The Balaban J connectivity index is 1.66. The maximum atomic E-state index is 11.8. The molecular weight excluding hydrogens is 214 g/mol. The van der Waals surface area contributed by atoms with Crippen molar-refractivity contribution in [2.75, 3.05) is 32.7 Å². The van der Waals surface area contributed by atoms with Crippen LogP contribution in [0.25, 0.3) is 0 Å². The summed E-state index contributed by atoms with van der Waals surface area (Å²) in [5, 5.41) is 3.39. The second kappa shape index (κ2) is 6.57. The van der Waals surface area contributed by atoms with Gasteiger partial charge in [0.15, 0.2) is 5.78 Å². The number of hydrogen-bond donors (Lipinski definition) is 2. The molecule has 17 heavy (non-hydrogen) atoms. The number of Topliss-reactive ketones (excluding diaryl/α,β-unsaturated/α-hetero) is 1. The summed E-state index contributed by atoms with van der Waals surface area (Å²) in [6.45, 7) is 5.51. The van der Waals surface area contributed by atoms with Gasteiger partial charge in [0.05, 0.1) is 0 Å². The molecule has 0 bridgehead atoms. The predicted octanol–water partition coefficient (Wildman–Crippen LogP) is 1.27. The Morgan fingerprint density at radius 2 is 2.29 bits per heavy atom. The van der Waals surface area contributed by atoms with Gasteiger partial charge in [0.1, 0.15) is 0 Å². The molecule has 0 amide bonds. The fourth-order valence-electron chi connectivity index (χ4n) is 2.23. The van der Waals surface area contributed by atoms with Gasteiger partial charge >= 0.3 is 0 Å². The van der Waals surface area contributed by atoms with Gasteiger partial charge in [-0.2, -0.15) is 0 Å². The van der Waals surface area contributed by atoms with Crippen LogP contribution >= 0.6 is 0 Å². The number of nitrogens with one attached hydrogen (secondary N) is 2. The Labute approximate surface area is 102 Å². The third-order valence-corrected chi connectivity index (χ3v) is 3.23. The van der Waals surface area contributed by atoms with E-state index in [1.807, 2.05) is 6.07 Å². The van der Waals surface area contributed by atoms with Gasteiger partial charge in [0.2, 0.25) is 0 Å². The molecule has 0 aromatic carbocycles. The van der Waals surface area contributed by atoms with E-state index >= 15 is 0 Å². The number of carbonyl (C=O) groups excluding carboxylic acids is 1. The highest BCUT2D eigenvalue weighted by atomic mass is 16.1. The van der Waals surface area contributed by atoms with Crippen molar-refractivity contribution in [3.05, 3.63) is 24.0 Å². The highest BCUT2D eigenvalue weighted by Gasteiger charge is 2.10. The van der Waals surface area contributed by atoms with Crippen LogP contribution in [0.5, 0.6) is 0 Å². The van der Waals surface area contributed by atoms with Gasteiger partial charge in [-0.15, -0.1) is 0 Å². The number of nitrogens with zero attached hydrogens (tertiary/aromatic N) is 1. The zero-order chi connectivity index (χ0) is 11.9. The summed E-state index contributed by atoms with van der Waals surface area (Å²) in [5.74, 6) is 0.249. The molecule has 0 spiro atoms. The average Bonchev–Trinajstić information content (AvgIpc) is 2.75. The first-order valence-electron chi connectivity index (χ1n) is 6.45. The predicted molar refractivity (Wildman–Crippen MR) is 68.3 cm³/mol. The smallest absolute Gasteiger partial charge is 0.164 e. The van der Waals surface area contributed by atoms with Crippen molar-refractivity contribution < 1.29 is 4.79 Å². The molecule has 1 aromatic heterocycles. The largest absolute Gasteiger partial charge is 0.367 e. The molecule has 4 heteroatoms. The lowest BCUT2D eigenvalue weighted by atomic mass is 10.1. The molecule has 1 aromatic rings. The molecular formula is C13H21N3O. The first kappa shape index (κ1) is 12.3. The zero-order valence-corrected chi connectivity index (χ0v) is 10.2. The topological polar surface area (TPSA) is 48.1 Å². The lowest BCUT2D eigenvalue weighted by Crippen LogP contribution is -2.29. The van der Waals surface area contributed by atoms with Gasteiger partial charge in [-0.1, -0.05) is 0 Å². The van der Waals surface area contributed by atoms with E-state index < -0.39 is 0 Å². The molecule has 0 saturated carbocycles. The monoisotopic (exact) mass is 235 g/mol. The van der Waals surface area contributed by atoms with E-state index in [1.165, 1.54) is 6.42 Å². The van der Waals surface area contributed by atoms with Gasteiger partial charge in [0.25, 0.3) is 0 Å². The van der Waals surface area contributed by atoms with Crippen molar-refractivity contribution in [1.29, 1.82) is 0 Å². The molecule has 1 saturated heterocycles. The summed E-state index contributed by atoms with van der Waals surface area (Å²) in [7, 11) is 0. The molecule has 1 fully saturated rings. The zero-order valence-electron chi connectivity index (χ0n) is 10.2. The van der Waals surface area contributed by atoms with Gasteiger partial charge in [-0.05, 0) is 38.5 Å². The lowest BCUT2D eigenvalue weighted by molar-refractivity contribution is 0.0975. The van der Waals surface area contributed by atoms with Crippen LogP contribution < -0.4 is 5.32 Å². The SMILES string of the molecule is O=C(CCCN1CCCNCC1)c1cc[nH]c1. The Kier molecular flexibility index (Phi) is 4.76. The molecule has 94 valence electrons. The minimum Gasteiger partial charge on any atom is -0.367 e. The summed E-state index contributed by atoms with van der Waals surface area (Å²) >= 11 is 0. The van der Waals surface area contributed by atoms with Crippen molar-refractivity contribution in [3.8, 4) is 0 Å². The maximum absolute atomic E-state index is 11.8. The third-order valence-electron chi connectivity index (χ3n) is 3.23. The summed E-state index contributed by atoms with van der Waals surface area (Å²) in [4.78, 5) is 17.1. The van der Waals surface area contributed by atoms with Crippen LogP contribution in [0.2, 0.25) is 0 Å². The van der Waals surface area contributed by atoms with E-state index in [9.17, 15) is 4.79 Å². The second-order valence-electron chi connectivity index (χ2n) is 4.57. The quantitative estimate of drug-likeness (QED) is 0.756. The summed E-state index contributed by atoms with van der Waals surface area (Å²) < 4.78 is 0. The van der Waals surface area contributed by atoms with Gasteiger partial charge < -0.3 is 15.2 Å². The van der Waals surface area contributed by atoms with Crippen LogP contribution in [0.4, 0.5) is 0 Å². The van der Waals surface area contributed by atoms with E-state index in [4.69, 9.17) is 0 Å². The van der Waals surface area contributed by atoms with E-state index in [1.54, 1.807) is 12.4 Å². The van der Waals surface area contributed by atoms with Crippen LogP contribution in [0.15, 0.2) is 18.5 Å². The van der Waals surface area contributed by atoms with Gasteiger partial charge in [-0.3, -0.25) is 4.79 Å². The molecule has 2 heterocycles. The second-order valence-corrected chi connectivity index (χ2v) is 4.57. The highest BCUT2D eigenvalue weighted by molar-refractivity contribution is 5.95. The number of aromatic nitrogens is 1. The normalized spacial score (nSPS) is 17.9. The molecule has 1 aliphatic rings. The van der Waals surface area contributed by atoms with Gasteiger partial charge in [0, 0.05) is 37.5 Å². The number of aromatic amines is 1. The highest BCUT2D eigenvalue weighted by Crippen LogP contribution is 2.05. The first-order chi connectivity index (χ1) is 8.36. The molecule has 4 nitrogen and oxygen atoms in total. The Bertz CT molecular complexity index is 326. The lowest BCUT2D eigenvalue weighted by Gasteiger charge is -2.18. The standard InChI is InChI=1S/C13H21N3O/c17-13(12-4-6-15-11-12)3-1-8-16-9-2-5-14-7-10-16/h4,6,11,14-15H,1-3,5,7-10H2. The maximum Gasteiger partial charge on any atom is 0.164 e. The summed E-state index contributed by atoms with van der Waals surface area (Å²) in [5.41, 5.74) is 0.808. The number of ketones is 1. The molecule has 2 N–H and O–H groups in total. The summed E-state index contributed by atoms with van der Waals surface area (Å²) in [6, 6.07) is 1.85. The Morgan fingerprint density at radius 1 is 1.35 bits per heavy atom. The van der Waals surface area contributed by atoms with Crippen LogP contribution in [-0.4, -0.2) is 48.4 Å². The first-order valence-corrected chi connectivity index (χ1v) is 6.45. The minimum atomic E-state index is 0.249. The molecule has 2 rings (SSSR count). The fraction of sp³-hybridized carbons (Fsp3) is 0.615. The number of carbonyl (C=O) groups is 1.